The molecule has 2 fully saturated rings. The molecule has 3 N–H and O–H groups in total. The van der Waals surface area contributed by atoms with Gasteiger partial charge < -0.3 is 20.5 Å². The molecule has 9 nitrogen and oxygen atoms in total. The van der Waals surface area contributed by atoms with E-state index < -0.39 is 17.9 Å². The summed E-state index contributed by atoms with van der Waals surface area (Å²) >= 11 is 0. The lowest BCUT2D eigenvalue weighted by molar-refractivity contribution is -0.165. The molecule has 0 radical (unpaired) electrons. The number of aromatic nitrogens is 4. The Morgan fingerprint density at radius 1 is 1.29 bits per heavy atom. The maximum absolute atomic E-state index is 12.7. The number of carbonyl (C=O) groups excluding carboxylic acids is 1. The van der Waals surface area contributed by atoms with Gasteiger partial charge in [0.05, 0.1) is 12.9 Å². The molecule has 0 spiro atoms. The average Bonchev–Trinajstić information content (AvgIpc) is 3.35. The van der Waals surface area contributed by atoms with E-state index in [1.165, 1.54) is 6.33 Å². The number of carbonyl (C=O) groups is 1. The quantitative estimate of drug-likeness (QED) is 0.682. The summed E-state index contributed by atoms with van der Waals surface area (Å²) < 4.78 is 14.3. The van der Waals surface area contributed by atoms with E-state index in [0.29, 0.717) is 30.0 Å². The number of fused-ring (bicyclic) bond motifs is 3. The van der Waals surface area contributed by atoms with Gasteiger partial charge in [-0.05, 0) is 12.0 Å². The molecule has 0 aliphatic carbocycles. The second-order valence-corrected chi connectivity index (χ2v) is 7.05. The van der Waals surface area contributed by atoms with Crippen LogP contribution in [0.4, 0.5) is 5.82 Å². The minimum Gasteiger partial charge on any atom is -0.382 e. The molecule has 9 heteroatoms. The van der Waals surface area contributed by atoms with Crippen LogP contribution in [0.3, 0.4) is 0 Å². The zero-order valence-electron chi connectivity index (χ0n) is 15.3. The Morgan fingerprint density at radius 3 is 2.89 bits per heavy atom. The maximum atomic E-state index is 12.7. The predicted octanol–water partition coefficient (Wildman–Crippen LogP) is 1.17. The zero-order valence-corrected chi connectivity index (χ0v) is 15.3. The minimum atomic E-state index is -1.04. The van der Waals surface area contributed by atoms with Crippen molar-refractivity contribution in [2.45, 2.75) is 43.9 Å². The van der Waals surface area contributed by atoms with Crippen LogP contribution in [0.25, 0.3) is 11.2 Å². The maximum Gasteiger partial charge on any atom is 0.255 e. The Balaban J connectivity index is 1.49. The molecule has 3 aromatic rings. The van der Waals surface area contributed by atoms with Crippen molar-refractivity contribution in [3.05, 3.63) is 48.5 Å². The van der Waals surface area contributed by atoms with Gasteiger partial charge in [-0.2, -0.15) is 0 Å². The van der Waals surface area contributed by atoms with E-state index >= 15 is 0 Å². The lowest BCUT2D eigenvalue weighted by Crippen LogP contribution is -2.48. The van der Waals surface area contributed by atoms with Crippen molar-refractivity contribution in [3.8, 4) is 0 Å². The summed E-state index contributed by atoms with van der Waals surface area (Å²) in [7, 11) is 0. The molecular weight excluding hydrogens is 360 g/mol. The van der Waals surface area contributed by atoms with Crippen LogP contribution in [-0.4, -0.2) is 43.2 Å². The zero-order chi connectivity index (χ0) is 19.3. The molecule has 1 unspecified atom stereocenters. The molecule has 1 aromatic carbocycles. The molecule has 2 bridgehead atoms. The number of amides is 1. The van der Waals surface area contributed by atoms with Crippen molar-refractivity contribution in [2.75, 3.05) is 5.73 Å². The molecular formula is C19H20N6O3. The van der Waals surface area contributed by atoms with Crippen LogP contribution in [0.1, 0.15) is 25.1 Å². The number of morpholine rings is 1. The van der Waals surface area contributed by atoms with Crippen molar-refractivity contribution in [3.63, 3.8) is 0 Å². The molecule has 28 heavy (non-hydrogen) atoms. The number of benzene rings is 1. The fraction of sp³-hybridized carbons (Fsp3) is 0.368. The van der Waals surface area contributed by atoms with Gasteiger partial charge in [0.15, 0.2) is 23.3 Å². The summed E-state index contributed by atoms with van der Waals surface area (Å²) in [6.45, 7) is 2.32. The number of imidazole rings is 1. The first kappa shape index (κ1) is 17.1. The third-order valence-electron chi connectivity index (χ3n) is 5.56. The molecule has 5 rings (SSSR count). The number of hydrogen-bond acceptors (Lipinski definition) is 7. The van der Waals surface area contributed by atoms with Crippen molar-refractivity contribution in [1.29, 1.82) is 0 Å². The second kappa shape index (κ2) is 6.25. The SMILES string of the molecule is CC[C@@]12O[C@@H](n3cnc4c(N)ncnc43)[C@@H](NC1=O)C2OCc1ccccc1. The van der Waals surface area contributed by atoms with E-state index in [2.05, 4.69) is 20.3 Å². The number of nitrogens with zero attached hydrogens (tertiary/aromatic N) is 4. The Labute approximate surface area is 160 Å². The van der Waals surface area contributed by atoms with Gasteiger partial charge in [0.25, 0.3) is 5.91 Å². The summed E-state index contributed by atoms with van der Waals surface area (Å²) in [5, 5.41) is 3.04. The Hall–Kier alpha value is -3.04. The molecule has 144 valence electrons. The van der Waals surface area contributed by atoms with Gasteiger partial charge in [-0.3, -0.25) is 9.36 Å². The van der Waals surface area contributed by atoms with Gasteiger partial charge in [-0.1, -0.05) is 37.3 Å². The first-order valence-corrected chi connectivity index (χ1v) is 9.21. The first-order valence-electron chi connectivity index (χ1n) is 9.21. The number of anilines is 1. The van der Waals surface area contributed by atoms with Crippen molar-refractivity contribution in [2.24, 2.45) is 0 Å². The molecule has 4 heterocycles. The number of ether oxygens (including phenoxy) is 2. The molecule has 2 aromatic heterocycles. The number of hydrogen-bond donors (Lipinski definition) is 2. The molecule has 2 aliphatic rings. The summed E-state index contributed by atoms with van der Waals surface area (Å²) in [4.78, 5) is 25.2. The van der Waals surface area contributed by atoms with Crippen LogP contribution < -0.4 is 11.1 Å². The molecule has 2 saturated heterocycles. The number of nitrogens with one attached hydrogen (secondary N) is 1. The monoisotopic (exact) mass is 380 g/mol. The van der Waals surface area contributed by atoms with Crippen LogP contribution >= 0.6 is 0 Å². The third-order valence-corrected chi connectivity index (χ3v) is 5.56. The molecule has 2 aliphatic heterocycles. The summed E-state index contributed by atoms with van der Waals surface area (Å²) in [6, 6.07) is 9.50. The van der Waals surface area contributed by atoms with Gasteiger partial charge in [-0.15, -0.1) is 0 Å². The van der Waals surface area contributed by atoms with E-state index in [0.717, 1.165) is 5.56 Å². The normalized spacial score (nSPS) is 28.8. The smallest absolute Gasteiger partial charge is 0.255 e. The predicted molar refractivity (Wildman–Crippen MR) is 99.8 cm³/mol. The summed E-state index contributed by atoms with van der Waals surface area (Å²) in [5.74, 6) is 0.158. The van der Waals surface area contributed by atoms with Crippen molar-refractivity contribution >= 4 is 22.9 Å². The Kier molecular flexibility index (Phi) is 3.81. The van der Waals surface area contributed by atoms with Crippen molar-refractivity contribution in [1.82, 2.24) is 24.8 Å². The van der Waals surface area contributed by atoms with Gasteiger partial charge in [0.1, 0.15) is 24.0 Å². The highest BCUT2D eigenvalue weighted by Crippen LogP contribution is 2.46. The lowest BCUT2D eigenvalue weighted by atomic mass is 9.95. The Bertz CT molecular complexity index is 1040. The van der Waals surface area contributed by atoms with Crippen LogP contribution in [-0.2, 0) is 20.9 Å². The molecule has 0 saturated carbocycles. The first-order chi connectivity index (χ1) is 13.6. The highest BCUT2D eigenvalue weighted by molar-refractivity contribution is 5.90. The van der Waals surface area contributed by atoms with Gasteiger partial charge in [0.2, 0.25) is 0 Å². The number of rotatable bonds is 5. The fourth-order valence-electron chi connectivity index (χ4n) is 4.13. The second-order valence-electron chi connectivity index (χ2n) is 7.05. The molecule has 4 atom stereocenters. The van der Waals surface area contributed by atoms with Gasteiger partial charge in [0, 0.05) is 0 Å². The highest BCUT2D eigenvalue weighted by atomic mass is 16.6. The van der Waals surface area contributed by atoms with Crippen molar-refractivity contribution < 1.29 is 14.3 Å². The Morgan fingerprint density at radius 2 is 2.11 bits per heavy atom. The van der Waals surface area contributed by atoms with Crippen LogP contribution in [0.2, 0.25) is 0 Å². The topological polar surface area (TPSA) is 117 Å². The fourth-order valence-corrected chi connectivity index (χ4v) is 4.13. The van der Waals surface area contributed by atoms with E-state index in [1.807, 2.05) is 37.3 Å². The third kappa shape index (κ3) is 2.33. The van der Waals surface area contributed by atoms with Gasteiger partial charge in [-0.25, -0.2) is 15.0 Å². The lowest BCUT2D eigenvalue weighted by Gasteiger charge is -2.29. The minimum absolute atomic E-state index is 0.145. The number of nitrogen functional groups attached to an aromatic ring is 1. The molecule has 1 amide bonds. The highest BCUT2D eigenvalue weighted by Gasteiger charge is 2.66. The van der Waals surface area contributed by atoms with E-state index in [-0.39, 0.29) is 11.9 Å². The standard InChI is InChI=1S/C19H20N6O3/c1-2-19-14(27-8-11-6-4-3-5-7-11)12(24-18(19)26)17(28-19)25-10-23-13-15(20)21-9-22-16(13)25/h3-7,9-10,12,14,17H,2,8H2,1H3,(H,24,26)(H2,20,21,22)/t12-,14?,17+,19-/m0/s1. The van der Waals surface area contributed by atoms with Crippen LogP contribution in [0.15, 0.2) is 43.0 Å². The largest absolute Gasteiger partial charge is 0.382 e. The van der Waals surface area contributed by atoms with Crippen LogP contribution in [0.5, 0.6) is 0 Å². The summed E-state index contributed by atoms with van der Waals surface area (Å²) in [6.07, 6.45) is 2.59. The average molecular weight is 380 g/mol. The summed E-state index contributed by atoms with van der Waals surface area (Å²) in [5.41, 5.74) is 6.96. The number of nitrogens with two attached hydrogens (primary N) is 1. The van der Waals surface area contributed by atoms with Gasteiger partial charge >= 0.3 is 0 Å². The van der Waals surface area contributed by atoms with E-state index in [4.69, 9.17) is 15.2 Å². The van der Waals surface area contributed by atoms with Crippen LogP contribution in [0, 0.1) is 0 Å². The van der Waals surface area contributed by atoms with E-state index in [1.54, 1.807) is 10.9 Å². The van der Waals surface area contributed by atoms with E-state index in [9.17, 15) is 4.79 Å².